The van der Waals surface area contributed by atoms with Crippen molar-refractivity contribution in [3.63, 3.8) is 0 Å². The number of carbonyl (C=O) groups is 1. The van der Waals surface area contributed by atoms with E-state index in [2.05, 4.69) is 10.6 Å². The van der Waals surface area contributed by atoms with Crippen molar-refractivity contribution in [3.8, 4) is 0 Å². The van der Waals surface area contributed by atoms with Gasteiger partial charge in [-0.05, 0) is 42.6 Å². The molecule has 0 radical (unpaired) electrons. The van der Waals surface area contributed by atoms with Gasteiger partial charge in [-0.2, -0.15) is 0 Å². The molecule has 0 bridgehead atoms. The molecule has 0 spiro atoms. The van der Waals surface area contributed by atoms with Crippen molar-refractivity contribution in [1.29, 1.82) is 0 Å². The second-order valence-electron chi connectivity index (χ2n) is 5.96. The normalized spacial score (nSPS) is 18.6. The second-order valence-corrected chi connectivity index (χ2v) is 6.40. The van der Waals surface area contributed by atoms with Crippen LogP contribution in [0.4, 0.5) is 0 Å². The van der Waals surface area contributed by atoms with Crippen molar-refractivity contribution in [2.45, 2.75) is 31.3 Å². The van der Waals surface area contributed by atoms with Gasteiger partial charge in [-0.1, -0.05) is 54.1 Å². The van der Waals surface area contributed by atoms with Crippen molar-refractivity contribution in [2.75, 3.05) is 6.54 Å². The van der Waals surface area contributed by atoms with Crippen LogP contribution in [0.2, 0.25) is 5.02 Å². The molecule has 2 N–H and O–H groups in total. The molecule has 2 aromatic carbocycles. The van der Waals surface area contributed by atoms with E-state index in [0.717, 1.165) is 30.5 Å². The highest BCUT2D eigenvalue weighted by Crippen LogP contribution is 2.24. The largest absolute Gasteiger partial charge is 0.345 e. The van der Waals surface area contributed by atoms with Gasteiger partial charge in [0.1, 0.15) is 0 Å². The van der Waals surface area contributed by atoms with Crippen LogP contribution in [0.1, 0.15) is 36.4 Å². The van der Waals surface area contributed by atoms with Crippen molar-refractivity contribution in [1.82, 2.24) is 10.6 Å². The van der Waals surface area contributed by atoms with E-state index in [9.17, 15) is 4.79 Å². The number of carbonyl (C=O) groups excluding carboxylic acids is 1. The Morgan fingerprint density at radius 2 is 1.83 bits per heavy atom. The van der Waals surface area contributed by atoms with E-state index in [1.807, 2.05) is 54.6 Å². The van der Waals surface area contributed by atoms with Crippen LogP contribution in [0, 0.1) is 0 Å². The van der Waals surface area contributed by atoms with E-state index in [1.165, 1.54) is 0 Å². The zero-order chi connectivity index (χ0) is 16.1. The summed E-state index contributed by atoms with van der Waals surface area (Å²) in [5.41, 5.74) is 2.11. The molecule has 4 heteroatoms. The average Bonchev–Trinajstić information content (AvgIpc) is 3.07. The molecule has 0 aliphatic carbocycles. The molecule has 1 saturated heterocycles. The van der Waals surface area contributed by atoms with E-state index in [0.29, 0.717) is 17.5 Å². The zero-order valence-corrected chi connectivity index (χ0v) is 13.7. The van der Waals surface area contributed by atoms with Gasteiger partial charge in [-0.15, -0.1) is 0 Å². The van der Waals surface area contributed by atoms with Gasteiger partial charge >= 0.3 is 0 Å². The van der Waals surface area contributed by atoms with Gasteiger partial charge in [0.05, 0.1) is 6.04 Å². The number of hydrogen-bond acceptors (Lipinski definition) is 2. The summed E-state index contributed by atoms with van der Waals surface area (Å²) in [6.45, 7) is 1.01. The summed E-state index contributed by atoms with van der Waals surface area (Å²) in [6.07, 6.45) is 2.75. The number of benzene rings is 2. The summed E-state index contributed by atoms with van der Waals surface area (Å²) in [5, 5.41) is 7.24. The third kappa shape index (κ3) is 4.34. The molecule has 2 unspecified atom stereocenters. The number of hydrogen-bond donors (Lipinski definition) is 2. The van der Waals surface area contributed by atoms with E-state index in [1.54, 1.807) is 0 Å². The Kier molecular flexibility index (Phi) is 5.31. The predicted molar refractivity (Wildman–Crippen MR) is 93.5 cm³/mol. The van der Waals surface area contributed by atoms with Crippen LogP contribution >= 0.6 is 11.6 Å². The molecular formula is C19H21ClN2O. The van der Waals surface area contributed by atoms with Crippen molar-refractivity contribution < 1.29 is 4.79 Å². The lowest BCUT2D eigenvalue weighted by Crippen LogP contribution is -2.34. The van der Waals surface area contributed by atoms with Crippen molar-refractivity contribution >= 4 is 17.5 Å². The monoisotopic (exact) mass is 328 g/mol. The van der Waals surface area contributed by atoms with Gasteiger partial charge in [0.2, 0.25) is 5.91 Å². The third-order valence-electron chi connectivity index (χ3n) is 4.24. The maximum atomic E-state index is 12.4. The molecule has 2 aromatic rings. The molecule has 1 heterocycles. The van der Waals surface area contributed by atoms with E-state index in [4.69, 9.17) is 11.6 Å². The molecule has 0 saturated carbocycles. The fourth-order valence-electron chi connectivity index (χ4n) is 3.03. The van der Waals surface area contributed by atoms with Gasteiger partial charge in [0.15, 0.2) is 0 Å². The molecule has 1 aliphatic rings. The Morgan fingerprint density at radius 3 is 2.48 bits per heavy atom. The second kappa shape index (κ2) is 7.62. The van der Waals surface area contributed by atoms with Gasteiger partial charge in [0.25, 0.3) is 0 Å². The van der Waals surface area contributed by atoms with Crippen molar-refractivity contribution in [2.24, 2.45) is 0 Å². The first-order chi connectivity index (χ1) is 11.2. The van der Waals surface area contributed by atoms with Gasteiger partial charge in [-0.25, -0.2) is 0 Å². The molecule has 3 rings (SSSR count). The van der Waals surface area contributed by atoms with Gasteiger partial charge in [0, 0.05) is 17.5 Å². The van der Waals surface area contributed by atoms with E-state index in [-0.39, 0.29) is 11.9 Å². The summed E-state index contributed by atoms with van der Waals surface area (Å²) in [7, 11) is 0. The summed E-state index contributed by atoms with van der Waals surface area (Å²) >= 11 is 5.99. The Labute approximate surface area is 142 Å². The molecule has 0 aromatic heterocycles. The molecule has 2 atom stereocenters. The first kappa shape index (κ1) is 16.0. The topological polar surface area (TPSA) is 41.1 Å². The average molecular weight is 329 g/mol. The smallest absolute Gasteiger partial charge is 0.222 e. The predicted octanol–water partition coefficient (Wildman–Crippen LogP) is 3.69. The molecule has 1 fully saturated rings. The summed E-state index contributed by atoms with van der Waals surface area (Å²) in [4.78, 5) is 12.4. The lowest BCUT2D eigenvalue weighted by atomic mass is 9.98. The van der Waals surface area contributed by atoms with Crippen LogP contribution < -0.4 is 10.6 Å². The lowest BCUT2D eigenvalue weighted by molar-refractivity contribution is -0.122. The van der Waals surface area contributed by atoms with Crippen LogP contribution in [0.15, 0.2) is 54.6 Å². The fraction of sp³-hybridized carbons (Fsp3) is 0.316. The quantitative estimate of drug-likeness (QED) is 0.879. The number of nitrogens with one attached hydrogen (secondary N) is 2. The molecule has 1 aliphatic heterocycles. The zero-order valence-electron chi connectivity index (χ0n) is 13.0. The third-order valence-corrected chi connectivity index (χ3v) is 4.49. The minimum absolute atomic E-state index is 0.0770. The Morgan fingerprint density at radius 1 is 1.13 bits per heavy atom. The van der Waals surface area contributed by atoms with Crippen molar-refractivity contribution in [3.05, 3.63) is 70.7 Å². The summed E-state index contributed by atoms with van der Waals surface area (Å²) < 4.78 is 0. The fourth-order valence-corrected chi connectivity index (χ4v) is 3.16. The highest BCUT2D eigenvalue weighted by molar-refractivity contribution is 6.30. The number of rotatable bonds is 5. The maximum Gasteiger partial charge on any atom is 0.222 e. The molecule has 23 heavy (non-hydrogen) atoms. The Bertz CT molecular complexity index is 636. The first-order valence-corrected chi connectivity index (χ1v) is 8.43. The van der Waals surface area contributed by atoms with Gasteiger partial charge in [-0.3, -0.25) is 4.79 Å². The molecule has 3 nitrogen and oxygen atoms in total. The SMILES string of the molecule is O=C(CC1CCCN1)NC(c1ccccc1)c1ccc(Cl)cc1. The molecule has 1 amide bonds. The Hall–Kier alpha value is -1.84. The van der Waals surface area contributed by atoms with E-state index < -0.39 is 0 Å². The maximum absolute atomic E-state index is 12.4. The minimum Gasteiger partial charge on any atom is -0.345 e. The highest BCUT2D eigenvalue weighted by Gasteiger charge is 2.21. The number of amides is 1. The molecular weight excluding hydrogens is 308 g/mol. The summed E-state index contributed by atoms with van der Waals surface area (Å²) in [6, 6.07) is 17.8. The van der Waals surface area contributed by atoms with Crippen LogP contribution in [-0.2, 0) is 4.79 Å². The van der Waals surface area contributed by atoms with Crippen LogP contribution in [-0.4, -0.2) is 18.5 Å². The number of halogens is 1. The Balaban J connectivity index is 1.77. The molecule has 120 valence electrons. The van der Waals surface area contributed by atoms with E-state index >= 15 is 0 Å². The highest BCUT2D eigenvalue weighted by atomic mass is 35.5. The first-order valence-electron chi connectivity index (χ1n) is 8.05. The van der Waals surface area contributed by atoms with Crippen LogP contribution in [0.5, 0.6) is 0 Å². The van der Waals surface area contributed by atoms with Gasteiger partial charge < -0.3 is 10.6 Å². The minimum atomic E-state index is -0.151. The lowest BCUT2D eigenvalue weighted by Gasteiger charge is -2.21. The van der Waals surface area contributed by atoms with Crippen LogP contribution in [0.3, 0.4) is 0 Å². The standard InChI is InChI=1S/C19H21ClN2O/c20-16-10-8-15(9-11-16)19(14-5-2-1-3-6-14)22-18(23)13-17-7-4-12-21-17/h1-3,5-6,8-11,17,19,21H,4,7,12-13H2,(H,22,23). The summed E-state index contributed by atoms with van der Waals surface area (Å²) in [5.74, 6) is 0.0770. The van der Waals surface area contributed by atoms with Crippen LogP contribution in [0.25, 0.3) is 0 Å².